The van der Waals surface area contributed by atoms with Crippen molar-refractivity contribution in [3.05, 3.63) is 68.2 Å². The summed E-state index contributed by atoms with van der Waals surface area (Å²) >= 11 is 10.5. The van der Waals surface area contributed by atoms with Crippen LogP contribution in [0.3, 0.4) is 0 Å². The standard InChI is InChI=1S/C20H20Cl2N2O5S/c21-15-8-13-9-23-5-4-14(13)18(22)17(15)19(25)24-16(20(26)27)7-11-2-1-3-12(6-11)10-30(28)29/h1-3,6,8,16,23H,4-5,7,9-10H2,(H,24,25)(H,26,27)(H,28,29)/p-1/t16-/m0/s1. The lowest BCUT2D eigenvalue weighted by atomic mass is 9.97. The lowest BCUT2D eigenvalue weighted by Gasteiger charge is -2.22. The molecule has 7 nitrogen and oxygen atoms in total. The fraction of sp³-hybridized carbons (Fsp3) is 0.300. The summed E-state index contributed by atoms with van der Waals surface area (Å²) in [5, 5.41) is 15.7. The van der Waals surface area contributed by atoms with Crippen molar-refractivity contribution in [2.45, 2.75) is 31.2 Å². The van der Waals surface area contributed by atoms with Crippen LogP contribution >= 0.6 is 23.2 Å². The van der Waals surface area contributed by atoms with Crippen molar-refractivity contribution in [2.75, 3.05) is 6.54 Å². The first-order valence-electron chi connectivity index (χ1n) is 9.14. The highest BCUT2D eigenvalue weighted by atomic mass is 35.5. The topological polar surface area (TPSA) is 119 Å². The van der Waals surface area contributed by atoms with E-state index in [-0.39, 0.29) is 27.8 Å². The van der Waals surface area contributed by atoms with Crippen LogP contribution in [0.25, 0.3) is 0 Å². The number of fused-ring (bicyclic) bond motifs is 1. The molecule has 1 aliphatic rings. The molecule has 2 aromatic carbocycles. The maximum Gasteiger partial charge on any atom is 0.326 e. The van der Waals surface area contributed by atoms with E-state index in [1.165, 1.54) is 0 Å². The van der Waals surface area contributed by atoms with Crippen molar-refractivity contribution in [1.82, 2.24) is 10.6 Å². The number of rotatable bonds is 7. The summed E-state index contributed by atoms with van der Waals surface area (Å²) in [5.74, 6) is -2.07. The second-order valence-corrected chi connectivity index (χ2v) is 8.63. The predicted molar refractivity (Wildman–Crippen MR) is 114 cm³/mol. The zero-order chi connectivity index (χ0) is 21.8. The first kappa shape index (κ1) is 22.7. The van der Waals surface area contributed by atoms with Gasteiger partial charge in [0.15, 0.2) is 0 Å². The number of halogens is 2. The third kappa shape index (κ3) is 5.39. The van der Waals surface area contributed by atoms with Crippen LogP contribution in [0.5, 0.6) is 0 Å². The minimum absolute atomic E-state index is 0.0233. The van der Waals surface area contributed by atoms with Gasteiger partial charge in [-0.3, -0.25) is 9.00 Å². The smallest absolute Gasteiger partial charge is 0.326 e. The minimum atomic E-state index is -2.26. The number of carboxylic acid groups (broad SMARTS) is 1. The monoisotopic (exact) mass is 469 g/mol. The molecule has 1 heterocycles. The number of aliphatic carboxylic acids is 1. The molecule has 1 unspecified atom stereocenters. The number of benzene rings is 2. The van der Waals surface area contributed by atoms with E-state index in [0.29, 0.717) is 24.1 Å². The van der Waals surface area contributed by atoms with Gasteiger partial charge in [0, 0.05) is 18.7 Å². The van der Waals surface area contributed by atoms with E-state index >= 15 is 0 Å². The van der Waals surface area contributed by atoms with Crippen LogP contribution in [-0.2, 0) is 41.0 Å². The Morgan fingerprint density at radius 3 is 2.70 bits per heavy atom. The lowest BCUT2D eigenvalue weighted by Crippen LogP contribution is -2.42. The van der Waals surface area contributed by atoms with E-state index < -0.39 is 29.0 Å². The molecule has 0 spiro atoms. The molecule has 3 rings (SSSR count). The zero-order valence-electron chi connectivity index (χ0n) is 15.7. The molecule has 3 N–H and O–H groups in total. The average Bonchev–Trinajstić information content (AvgIpc) is 2.67. The highest BCUT2D eigenvalue weighted by Gasteiger charge is 2.26. The van der Waals surface area contributed by atoms with Gasteiger partial charge in [0.05, 0.1) is 15.6 Å². The van der Waals surface area contributed by atoms with E-state index in [1.807, 2.05) is 0 Å². The summed E-state index contributed by atoms with van der Waals surface area (Å²) in [6.45, 7) is 1.32. The van der Waals surface area contributed by atoms with Crippen molar-refractivity contribution < 1.29 is 23.5 Å². The molecule has 30 heavy (non-hydrogen) atoms. The SMILES string of the molecule is O=C(N[C@@H](Cc1cccc(CS(=O)[O-])c1)C(=O)O)c1c(Cl)cc2c(c1Cl)CCNC2. The maximum absolute atomic E-state index is 12.8. The maximum atomic E-state index is 12.8. The molecular formula is C20H19Cl2N2O5S-. The van der Waals surface area contributed by atoms with Crippen molar-refractivity contribution in [3.63, 3.8) is 0 Å². The van der Waals surface area contributed by atoms with Crippen LogP contribution in [0, 0.1) is 0 Å². The van der Waals surface area contributed by atoms with Gasteiger partial charge in [-0.25, -0.2) is 4.79 Å². The van der Waals surface area contributed by atoms with Gasteiger partial charge in [-0.05, 0) is 41.3 Å². The molecule has 2 aromatic rings. The lowest BCUT2D eigenvalue weighted by molar-refractivity contribution is -0.139. The fourth-order valence-corrected chi connectivity index (χ4v) is 4.65. The predicted octanol–water partition coefficient (Wildman–Crippen LogP) is 2.44. The van der Waals surface area contributed by atoms with Crippen molar-refractivity contribution in [3.8, 4) is 0 Å². The number of carbonyl (C=O) groups excluding carboxylic acids is 1. The van der Waals surface area contributed by atoms with Gasteiger partial charge < -0.3 is 20.3 Å². The van der Waals surface area contributed by atoms with Gasteiger partial charge in [0.1, 0.15) is 6.04 Å². The minimum Gasteiger partial charge on any atom is -0.772 e. The van der Waals surface area contributed by atoms with Gasteiger partial charge >= 0.3 is 5.97 Å². The molecule has 1 amide bonds. The summed E-state index contributed by atoms with van der Waals surface area (Å²) in [6, 6.07) is 6.98. The summed E-state index contributed by atoms with van der Waals surface area (Å²) in [4.78, 5) is 24.6. The Bertz CT molecular complexity index is 1010. The Labute approximate surface area is 186 Å². The third-order valence-electron chi connectivity index (χ3n) is 4.83. The van der Waals surface area contributed by atoms with Crippen LogP contribution in [0.15, 0.2) is 30.3 Å². The first-order valence-corrected chi connectivity index (χ1v) is 11.1. The molecule has 2 atom stereocenters. The first-order chi connectivity index (χ1) is 14.3. The number of hydrogen-bond acceptors (Lipinski definition) is 5. The third-order valence-corrected chi connectivity index (χ3v) is 6.11. The van der Waals surface area contributed by atoms with Crippen LogP contribution in [0.4, 0.5) is 0 Å². The van der Waals surface area contributed by atoms with E-state index in [2.05, 4.69) is 10.6 Å². The summed E-state index contributed by atoms with van der Waals surface area (Å²) in [5.41, 5.74) is 2.91. The van der Waals surface area contributed by atoms with Gasteiger partial charge in [-0.2, -0.15) is 0 Å². The van der Waals surface area contributed by atoms with E-state index in [9.17, 15) is 23.5 Å². The van der Waals surface area contributed by atoms with Crippen LogP contribution in [0.1, 0.15) is 32.6 Å². The second-order valence-electron chi connectivity index (χ2n) is 6.95. The second kappa shape index (κ2) is 9.89. The van der Waals surface area contributed by atoms with Gasteiger partial charge in [-0.1, -0.05) is 58.5 Å². The Kier molecular flexibility index (Phi) is 7.49. The summed E-state index contributed by atoms with van der Waals surface area (Å²) < 4.78 is 21.8. The normalized spacial score (nSPS) is 15.2. The molecule has 1 aliphatic heterocycles. The van der Waals surface area contributed by atoms with Crippen molar-refractivity contribution in [1.29, 1.82) is 0 Å². The van der Waals surface area contributed by atoms with Crippen LogP contribution < -0.4 is 10.6 Å². The van der Waals surface area contributed by atoms with E-state index in [4.69, 9.17) is 23.2 Å². The van der Waals surface area contributed by atoms with Gasteiger partial charge in [0.25, 0.3) is 5.91 Å². The quantitative estimate of drug-likeness (QED) is 0.535. The molecule has 160 valence electrons. The Hall–Kier alpha value is -1.97. The average molecular weight is 470 g/mol. The molecule has 0 saturated heterocycles. The van der Waals surface area contributed by atoms with Crippen molar-refractivity contribution >= 4 is 46.2 Å². The van der Waals surface area contributed by atoms with Crippen LogP contribution in [-0.4, -0.2) is 38.3 Å². The largest absolute Gasteiger partial charge is 0.772 e. The molecule has 0 radical (unpaired) electrons. The highest BCUT2D eigenvalue weighted by Crippen LogP contribution is 2.33. The number of carboxylic acids is 1. The molecule has 0 bridgehead atoms. The van der Waals surface area contributed by atoms with Gasteiger partial charge in [-0.15, -0.1) is 0 Å². The Morgan fingerprint density at radius 1 is 1.27 bits per heavy atom. The number of carbonyl (C=O) groups is 2. The molecule has 0 saturated carbocycles. The molecular weight excluding hydrogens is 451 g/mol. The Morgan fingerprint density at radius 2 is 2.00 bits per heavy atom. The molecule has 0 fully saturated rings. The molecule has 0 aromatic heterocycles. The number of amides is 1. The van der Waals surface area contributed by atoms with E-state index in [0.717, 1.165) is 17.7 Å². The highest BCUT2D eigenvalue weighted by molar-refractivity contribution is 7.78. The fourth-order valence-electron chi connectivity index (χ4n) is 3.43. The van der Waals surface area contributed by atoms with Crippen LogP contribution in [0.2, 0.25) is 10.0 Å². The summed E-state index contributed by atoms with van der Waals surface area (Å²) in [6.07, 6.45) is 0.617. The van der Waals surface area contributed by atoms with E-state index in [1.54, 1.807) is 30.3 Å². The molecule has 10 heteroatoms. The van der Waals surface area contributed by atoms with Gasteiger partial charge in [0.2, 0.25) is 0 Å². The zero-order valence-corrected chi connectivity index (χ0v) is 18.1. The van der Waals surface area contributed by atoms with Crippen molar-refractivity contribution in [2.24, 2.45) is 0 Å². The number of nitrogens with one attached hydrogen (secondary N) is 2. The molecule has 0 aliphatic carbocycles. The Balaban J connectivity index is 1.82. The summed E-state index contributed by atoms with van der Waals surface area (Å²) in [7, 11) is 0. The number of hydrogen-bond donors (Lipinski definition) is 3.